The van der Waals surface area contributed by atoms with Gasteiger partial charge in [0.1, 0.15) is 12.2 Å². The van der Waals surface area contributed by atoms with Crippen molar-refractivity contribution in [3.63, 3.8) is 0 Å². The van der Waals surface area contributed by atoms with E-state index in [2.05, 4.69) is 89.3 Å². The van der Waals surface area contributed by atoms with E-state index in [9.17, 15) is 4.79 Å². The Labute approximate surface area is 430 Å². The summed E-state index contributed by atoms with van der Waals surface area (Å²) in [5, 5.41) is 32.6. The van der Waals surface area contributed by atoms with Crippen LogP contribution in [-0.2, 0) is 31.2 Å². The van der Waals surface area contributed by atoms with E-state index in [0.717, 1.165) is 124 Å². The van der Waals surface area contributed by atoms with Crippen LogP contribution in [0.15, 0.2) is 67.1 Å². The van der Waals surface area contributed by atoms with Gasteiger partial charge in [-0.2, -0.15) is 15.5 Å². The largest absolute Gasteiger partial charge is 0.473 e. The van der Waals surface area contributed by atoms with Crippen LogP contribution in [0.5, 0.6) is 5.88 Å². The molecule has 5 aliphatic heterocycles. The molecular weight excluding hydrogens is 911 g/mol. The van der Waals surface area contributed by atoms with Crippen molar-refractivity contribution < 1.29 is 9.53 Å². The van der Waals surface area contributed by atoms with E-state index < -0.39 is 0 Å². The summed E-state index contributed by atoms with van der Waals surface area (Å²) in [4.78, 5) is 26.4. The first kappa shape index (κ1) is 48.9. The van der Waals surface area contributed by atoms with Gasteiger partial charge >= 0.3 is 0 Å². The minimum atomic E-state index is 0.145. The molecular formula is C58H73N13O2. The van der Waals surface area contributed by atoms with Gasteiger partial charge in [-0.25, -0.2) is 0 Å². The van der Waals surface area contributed by atoms with E-state index in [0.29, 0.717) is 41.4 Å². The van der Waals surface area contributed by atoms with Crippen LogP contribution >= 0.6 is 0 Å². The second-order valence-corrected chi connectivity index (χ2v) is 22.3. The zero-order valence-electron chi connectivity index (χ0n) is 43.7. The minimum Gasteiger partial charge on any atom is -0.473 e. The third-order valence-electron chi connectivity index (χ3n) is 17.3. The lowest BCUT2D eigenvalue weighted by molar-refractivity contribution is -0.129. The number of likely N-dealkylation sites (tertiary alicyclic amines) is 1. The van der Waals surface area contributed by atoms with Crippen molar-refractivity contribution in [2.45, 2.75) is 129 Å². The quantitative estimate of drug-likeness (QED) is 0.155. The molecule has 1 amide bonds. The third kappa shape index (κ3) is 10.3. The lowest BCUT2D eigenvalue weighted by atomic mass is 9.77. The topological polar surface area (TPSA) is 149 Å². The number of carbonyl (C=O) groups is 1. The fourth-order valence-corrected chi connectivity index (χ4v) is 13.1. The van der Waals surface area contributed by atoms with Crippen LogP contribution in [0.25, 0.3) is 22.0 Å². The van der Waals surface area contributed by atoms with Crippen LogP contribution < -0.4 is 19.9 Å². The number of hydrogen-bond donors (Lipinski definition) is 1. The predicted octanol–water partition coefficient (Wildman–Crippen LogP) is 9.03. The van der Waals surface area contributed by atoms with E-state index in [1.165, 1.54) is 72.3 Å². The molecule has 4 aromatic heterocycles. The molecule has 1 saturated carbocycles. The van der Waals surface area contributed by atoms with E-state index in [1.807, 2.05) is 60.1 Å². The molecule has 0 unspecified atom stereocenters. The van der Waals surface area contributed by atoms with Gasteiger partial charge in [-0.15, -0.1) is 10.2 Å². The highest BCUT2D eigenvalue weighted by Crippen LogP contribution is 2.44. The molecule has 0 radical (unpaired) electrons. The van der Waals surface area contributed by atoms with Gasteiger partial charge in [0.05, 0.1) is 29.9 Å². The van der Waals surface area contributed by atoms with Crippen LogP contribution in [-0.4, -0.2) is 115 Å². The molecule has 1 spiro atoms. The van der Waals surface area contributed by atoms with Crippen molar-refractivity contribution in [3.8, 4) is 23.1 Å². The summed E-state index contributed by atoms with van der Waals surface area (Å²) in [6.45, 7) is 17.2. The monoisotopic (exact) mass is 984 g/mol. The standard InChI is InChI=1S/C47H65N11O2.C11H8N2/c1-32-24-43-36(25-40(32)37-27-49-53(4)29-37)6-5-18-57(43)46-41-30-56(34(3)59)21-15-42(41)58(52-46)38-9-7-35(8-10-38)28-54-19-13-39(14-20-54)60-45-12-11-44(50-51-45)55-22-16-47(17-23-55)26-33(2)48-31-47;1-8-4-5-9(7-12)11-10(8)3-2-6-13-11/h11-12,24-25,27,29,33,35,38-39,48H,5-10,13-23,26,28,30-31H2,1-4H3;2-6H,1H3/t33-,35?,38?;/m0./s1. The van der Waals surface area contributed by atoms with Gasteiger partial charge in [0.25, 0.3) is 0 Å². The molecule has 6 aliphatic rings. The minimum absolute atomic E-state index is 0.145. The van der Waals surface area contributed by atoms with Gasteiger partial charge in [-0.05, 0) is 155 Å². The number of ether oxygens (including phenoxy) is 1. The van der Waals surface area contributed by atoms with E-state index >= 15 is 0 Å². The highest BCUT2D eigenvalue weighted by Gasteiger charge is 2.40. The molecule has 15 nitrogen and oxygen atoms in total. The number of nitrogens with one attached hydrogen (secondary N) is 1. The summed E-state index contributed by atoms with van der Waals surface area (Å²) in [6.07, 6.45) is 19.5. The average Bonchev–Trinajstić information content (AvgIpc) is 4.13. The molecule has 1 N–H and O–H groups in total. The van der Waals surface area contributed by atoms with Gasteiger partial charge in [0.2, 0.25) is 11.8 Å². The fourth-order valence-electron chi connectivity index (χ4n) is 13.1. The van der Waals surface area contributed by atoms with Gasteiger partial charge in [0, 0.05) is 125 Å². The maximum atomic E-state index is 12.7. The Morgan fingerprint density at radius 1 is 0.932 bits per heavy atom. The van der Waals surface area contributed by atoms with Crippen molar-refractivity contribution in [3.05, 3.63) is 101 Å². The highest BCUT2D eigenvalue weighted by molar-refractivity contribution is 5.86. The number of aryl methyl sites for hydroxylation is 4. The summed E-state index contributed by atoms with van der Waals surface area (Å²) in [5.41, 5.74) is 12.0. The van der Waals surface area contributed by atoms with Gasteiger partial charge in [-0.1, -0.05) is 12.1 Å². The Hall–Kier alpha value is -6.37. The second kappa shape index (κ2) is 20.9. The van der Waals surface area contributed by atoms with Crippen molar-refractivity contribution in [2.24, 2.45) is 18.4 Å². The lowest BCUT2D eigenvalue weighted by Crippen LogP contribution is -2.42. The number of nitrogens with zero attached hydrogens (tertiary/aromatic N) is 12. The van der Waals surface area contributed by atoms with Crippen molar-refractivity contribution in [2.75, 3.05) is 62.2 Å². The second-order valence-electron chi connectivity index (χ2n) is 22.3. The Kier molecular flexibility index (Phi) is 14.0. The number of piperidine rings is 2. The zero-order valence-corrected chi connectivity index (χ0v) is 43.7. The van der Waals surface area contributed by atoms with Gasteiger partial charge in [-0.3, -0.25) is 19.1 Å². The molecule has 4 fully saturated rings. The number of fused-ring (bicyclic) bond motifs is 3. The molecule has 3 saturated heterocycles. The number of aromatic nitrogens is 7. The van der Waals surface area contributed by atoms with Crippen LogP contribution in [0.1, 0.15) is 118 Å². The molecule has 1 aliphatic carbocycles. The number of carbonyl (C=O) groups excluding carboxylic acids is 1. The number of amides is 1. The zero-order chi connectivity index (χ0) is 50.2. The molecule has 73 heavy (non-hydrogen) atoms. The molecule has 9 heterocycles. The number of nitriles is 1. The third-order valence-corrected chi connectivity index (χ3v) is 17.3. The summed E-state index contributed by atoms with van der Waals surface area (Å²) in [5.74, 6) is 3.55. The predicted molar refractivity (Wildman–Crippen MR) is 286 cm³/mol. The lowest BCUT2D eigenvalue weighted by Gasteiger charge is -2.39. The maximum Gasteiger partial charge on any atom is 0.233 e. The van der Waals surface area contributed by atoms with Gasteiger partial charge in [0.15, 0.2) is 11.6 Å². The van der Waals surface area contributed by atoms with Crippen LogP contribution in [0.4, 0.5) is 17.3 Å². The fraction of sp³-hybridized carbons (Fsp3) is 0.534. The first-order valence-electron chi connectivity index (χ1n) is 27.2. The van der Waals surface area contributed by atoms with E-state index in [4.69, 9.17) is 15.1 Å². The van der Waals surface area contributed by atoms with E-state index in [1.54, 1.807) is 13.1 Å². The number of anilines is 3. The Bertz CT molecular complexity index is 2970. The van der Waals surface area contributed by atoms with Crippen LogP contribution in [0.3, 0.4) is 0 Å². The van der Waals surface area contributed by atoms with Crippen LogP contribution in [0.2, 0.25) is 0 Å². The smallest absolute Gasteiger partial charge is 0.233 e. The normalized spacial score (nSPS) is 22.1. The number of pyridine rings is 1. The molecule has 2 aromatic carbocycles. The molecule has 382 valence electrons. The maximum absolute atomic E-state index is 12.7. The van der Waals surface area contributed by atoms with E-state index in [-0.39, 0.29) is 12.0 Å². The van der Waals surface area contributed by atoms with Gasteiger partial charge < -0.3 is 29.7 Å². The number of benzene rings is 2. The number of hydrogen-bond acceptors (Lipinski definition) is 12. The Morgan fingerprint density at radius 3 is 2.47 bits per heavy atom. The van der Waals surface area contributed by atoms with Crippen molar-refractivity contribution >= 4 is 34.1 Å². The summed E-state index contributed by atoms with van der Waals surface area (Å²) in [6, 6.07) is 19.7. The Balaban J connectivity index is 0.000000383. The highest BCUT2D eigenvalue weighted by atomic mass is 16.5. The molecule has 15 heteroatoms. The molecule has 1 atom stereocenters. The summed E-state index contributed by atoms with van der Waals surface area (Å²) >= 11 is 0. The molecule has 0 bridgehead atoms. The first-order chi connectivity index (χ1) is 35.5. The summed E-state index contributed by atoms with van der Waals surface area (Å²) in [7, 11) is 1.98. The average molecular weight is 984 g/mol. The molecule has 12 rings (SSSR count). The summed E-state index contributed by atoms with van der Waals surface area (Å²) < 4.78 is 10.7. The number of rotatable bonds is 8. The van der Waals surface area contributed by atoms with Crippen LogP contribution in [0, 0.1) is 36.5 Å². The van der Waals surface area contributed by atoms with Crippen molar-refractivity contribution in [1.82, 2.24) is 49.9 Å². The SMILES string of the molecule is CC(=O)N1CCc2c(c(N3CCCc4cc(-c5cnn(C)c5)c(C)cc43)nn2C2CCC(CN3CCC(Oc4ccc(N5CCC6(CC5)CN[C@@H](C)C6)nn4)CC3)CC2)C1.Cc1ccc(C#N)c2ncccc12. The Morgan fingerprint density at radius 2 is 1.75 bits per heavy atom. The van der Waals surface area contributed by atoms with Crippen molar-refractivity contribution in [1.29, 1.82) is 5.26 Å². The first-order valence-corrected chi connectivity index (χ1v) is 27.2. The molecule has 6 aromatic rings.